The molecule has 18 heavy (non-hydrogen) atoms. The van der Waals surface area contributed by atoms with Gasteiger partial charge in [0.05, 0.1) is 12.6 Å². The summed E-state index contributed by atoms with van der Waals surface area (Å²) in [5.74, 6) is 0.316. The SMILES string of the molecule is CCOC1=N[C@H](C)[C@](c2ccccc2)(C(C)C)O1. The van der Waals surface area contributed by atoms with Crippen LogP contribution in [0.2, 0.25) is 0 Å². The molecule has 0 bridgehead atoms. The van der Waals surface area contributed by atoms with Gasteiger partial charge in [-0.05, 0) is 25.3 Å². The molecule has 0 N–H and O–H groups in total. The van der Waals surface area contributed by atoms with Gasteiger partial charge in [-0.1, -0.05) is 44.2 Å². The van der Waals surface area contributed by atoms with E-state index >= 15 is 0 Å². The Bertz CT molecular complexity index is 427. The molecule has 2 rings (SSSR count). The van der Waals surface area contributed by atoms with Crippen molar-refractivity contribution < 1.29 is 9.47 Å². The molecule has 0 radical (unpaired) electrons. The van der Waals surface area contributed by atoms with Crippen LogP contribution in [0.25, 0.3) is 0 Å². The molecule has 0 saturated carbocycles. The summed E-state index contributed by atoms with van der Waals surface area (Å²) in [4.78, 5) is 4.50. The lowest BCUT2D eigenvalue weighted by molar-refractivity contribution is -0.0145. The van der Waals surface area contributed by atoms with Crippen molar-refractivity contribution in [3.05, 3.63) is 35.9 Å². The van der Waals surface area contributed by atoms with E-state index in [4.69, 9.17) is 9.47 Å². The molecule has 1 heterocycles. The molecule has 0 fully saturated rings. The summed E-state index contributed by atoms with van der Waals surface area (Å²) in [6, 6.07) is 10.3. The second-order valence-corrected chi connectivity index (χ2v) is 4.92. The number of ether oxygens (including phenoxy) is 2. The summed E-state index contributed by atoms with van der Waals surface area (Å²) in [7, 11) is 0. The van der Waals surface area contributed by atoms with Gasteiger partial charge in [-0.3, -0.25) is 0 Å². The molecule has 0 amide bonds. The first-order valence-corrected chi connectivity index (χ1v) is 6.56. The van der Waals surface area contributed by atoms with Crippen LogP contribution in [-0.4, -0.2) is 18.7 Å². The number of nitrogens with zero attached hydrogens (tertiary/aromatic N) is 1. The highest BCUT2D eigenvalue weighted by molar-refractivity contribution is 5.70. The van der Waals surface area contributed by atoms with E-state index in [-0.39, 0.29) is 6.04 Å². The van der Waals surface area contributed by atoms with Crippen LogP contribution in [0.4, 0.5) is 0 Å². The Morgan fingerprint density at radius 3 is 2.56 bits per heavy atom. The highest BCUT2D eigenvalue weighted by atomic mass is 16.7. The molecule has 3 nitrogen and oxygen atoms in total. The summed E-state index contributed by atoms with van der Waals surface area (Å²) < 4.78 is 11.5. The van der Waals surface area contributed by atoms with Gasteiger partial charge in [0.25, 0.3) is 0 Å². The van der Waals surface area contributed by atoms with Crippen LogP contribution < -0.4 is 0 Å². The fraction of sp³-hybridized carbons (Fsp3) is 0.533. The number of aliphatic imine (C=N–C) groups is 1. The van der Waals surface area contributed by atoms with Crippen LogP contribution in [0.3, 0.4) is 0 Å². The van der Waals surface area contributed by atoms with Gasteiger partial charge in [0.2, 0.25) is 0 Å². The number of hydrogen-bond acceptors (Lipinski definition) is 3. The second kappa shape index (κ2) is 5.01. The molecule has 0 aliphatic carbocycles. The van der Waals surface area contributed by atoms with Gasteiger partial charge < -0.3 is 9.47 Å². The minimum atomic E-state index is -0.411. The van der Waals surface area contributed by atoms with Crippen molar-refractivity contribution >= 4 is 6.08 Å². The van der Waals surface area contributed by atoms with Gasteiger partial charge in [0.15, 0.2) is 5.60 Å². The number of rotatable bonds is 3. The lowest BCUT2D eigenvalue weighted by Gasteiger charge is -2.35. The summed E-state index contributed by atoms with van der Waals surface area (Å²) >= 11 is 0. The highest BCUT2D eigenvalue weighted by Gasteiger charge is 2.49. The zero-order valence-corrected chi connectivity index (χ0v) is 11.5. The summed E-state index contributed by atoms with van der Waals surface area (Å²) in [5.41, 5.74) is 0.747. The van der Waals surface area contributed by atoms with E-state index < -0.39 is 5.60 Å². The molecule has 0 spiro atoms. The first kappa shape index (κ1) is 12.9. The normalized spacial score (nSPS) is 26.9. The molecule has 3 heteroatoms. The Balaban J connectivity index is 2.37. The van der Waals surface area contributed by atoms with Crippen molar-refractivity contribution in [3.8, 4) is 0 Å². The van der Waals surface area contributed by atoms with Gasteiger partial charge in [-0.15, -0.1) is 0 Å². The van der Waals surface area contributed by atoms with Crippen LogP contribution in [0.15, 0.2) is 35.3 Å². The highest BCUT2D eigenvalue weighted by Crippen LogP contribution is 2.42. The monoisotopic (exact) mass is 247 g/mol. The smallest absolute Gasteiger partial charge is 0.384 e. The topological polar surface area (TPSA) is 30.8 Å². The second-order valence-electron chi connectivity index (χ2n) is 4.92. The zero-order valence-electron chi connectivity index (χ0n) is 11.5. The van der Waals surface area contributed by atoms with Gasteiger partial charge in [0.1, 0.15) is 0 Å². The predicted molar refractivity (Wildman–Crippen MR) is 72.6 cm³/mol. The molecule has 0 saturated heterocycles. The van der Waals surface area contributed by atoms with Crippen molar-refractivity contribution in [3.63, 3.8) is 0 Å². The maximum absolute atomic E-state index is 6.08. The van der Waals surface area contributed by atoms with Gasteiger partial charge in [0, 0.05) is 0 Å². The molecule has 98 valence electrons. The van der Waals surface area contributed by atoms with Crippen molar-refractivity contribution in [1.82, 2.24) is 0 Å². The van der Waals surface area contributed by atoms with Gasteiger partial charge >= 0.3 is 6.08 Å². The molecule has 2 atom stereocenters. The first-order chi connectivity index (χ1) is 8.61. The molecular weight excluding hydrogens is 226 g/mol. The first-order valence-electron chi connectivity index (χ1n) is 6.56. The molecule has 1 aliphatic heterocycles. The van der Waals surface area contributed by atoms with E-state index in [0.29, 0.717) is 18.6 Å². The lowest BCUT2D eigenvalue weighted by Crippen LogP contribution is -2.41. The van der Waals surface area contributed by atoms with Gasteiger partial charge in [-0.2, -0.15) is 0 Å². The quantitative estimate of drug-likeness (QED) is 0.820. The van der Waals surface area contributed by atoms with Crippen molar-refractivity contribution in [2.45, 2.75) is 39.3 Å². The average Bonchev–Trinajstić information content (AvgIpc) is 2.69. The fourth-order valence-corrected chi connectivity index (χ4v) is 2.63. The molecule has 1 aliphatic rings. The van der Waals surface area contributed by atoms with E-state index in [2.05, 4.69) is 37.9 Å². The fourth-order valence-electron chi connectivity index (χ4n) is 2.63. The number of hydrogen-bond donors (Lipinski definition) is 0. The Morgan fingerprint density at radius 1 is 1.33 bits per heavy atom. The van der Waals surface area contributed by atoms with E-state index in [1.54, 1.807) is 0 Å². The van der Waals surface area contributed by atoms with Crippen LogP contribution in [0, 0.1) is 5.92 Å². The van der Waals surface area contributed by atoms with Crippen LogP contribution >= 0.6 is 0 Å². The Labute approximate surface area is 109 Å². The van der Waals surface area contributed by atoms with Crippen LogP contribution in [0.1, 0.15) is 33.3 Å². The third kappa shape index (κ3) is 1.98. The van der Waals surface area contributed by atoms with E-state index in [1.807, 2.05) is 25.1 Å². The Kier molecular flexibility index (Phi) is 3.60. The standard InChI is InChI=1S/C15H21NO2/c1-5-17-14-16-12(4)15(18-14,11(2)3)13-9-7-6-8-10-13/h6-12H,5H2,1-4H3/t12-,15+/m1/s1. The van der Waals surface area contributed by atoms with Crippen molar-refractivity contribution in [2.75, 3.05) is 6.61 Å². The number of benzene rings is 1. The van der Waals surface area contributed by atoms with Crippen LogP contribution in [0.5, 0.6) is 0 Å². The average molecular weight is 247 g/mol. The third-order valence-corrected chi connectivity index (χ3v) is 3.53. The molecule has 0 aromatic heterocycles. The zero-order chi connectivity index (χ0) is 13.2. The van der Waals surface area contributed by atoms with Gasteiger partial charge in [-0.25, -0.2) is 4.99 Å². The van der Waals surface area contributed by atoms with E-state index in [1.165, 1.54) is 0 Å². The van der Waals surface area contributed by atoms with E-state index in [0.717, 1.165) is 5.56 Å². The third-order valence-electron chi connectivity index (χ3n) is 3.53. The minimum Gasteiger partial charge on any atom is -0.451 e. The van der Waals surface area contributed by atoms with Crippen molar-refractivity contribution in [2.24, 2.45) is 10.9 Å². The largest absolute Gasteiger partial charge is 0.451 e. The van der Waals surface area contributed by atoms with Crippen LogP contribution in [-0.2, 0) is 15.1 Å². The predicted octanol–water partition coefficient (Wildman–Crippen LogP) is 3.35. The molecule has 1 aromatic rings. The molecule has 1 aromatic carbocycles. The summed E-state index contributed by atoms with van der Waals surface area (Å²) in [5, 5.41) is 0. The maximum atomic E-state index is 6.08. The lowest BCUT2D eigenvalue weighted by atomic mass is 9.78. The van der Waals surface area contributed by atoms with Crippen molar-refractivity contribution in [1.29, 1.82) is 0 Å². The Hall–Kier alpha value is -1.51. The maximum Gasteiger partial charge on any atom is 0.384 e. The minimum absolute atomic E-state index is 0.0569. The summed E-state index contributed by atoms with van der Waals surface area (Å²) in [6.07, 6.45) is 0.419. The Morgan fingerprint density at radius 2 is 2.00 bits per heavy atom. The molecule has 0 unspecified atom stereocenters. The molecular formula is C15H21NO2. The van der Waals surface area contributed by atoms with E-state index in [9.17, 15) is 0 Å². The summed E-state index contributed by atoms with van der Waals surface area (Å²) in [6.45, 7) is 8.92.